The highest BCUT2D eigenvalue weighted by atomic mass is 16.5. The summed E-state index contributed by atoms with van der Waals surface area (Å²) in [4.78, 5) is 12.0. The molecule has 5 atom stereocenters. The summed E-state index contributed by atoms with van der Waals surface area (Å²) in [5.41, 5.74) is 2.92. The van der Waals surface area contributed by atoms with Crippen LogP contribution in [0.5, 0.6) is 5.75 Å². The molecule has 0 amide bonds. The van der Waals surface area contributed by atoms with Gasteiger partial charge in [0, 0.05) is 5.41 Å². The van der Waals surface area contributed by atoms with Gasteiger partial charge in [-0.1, -0.05) is 43.3 Å². The van der Waals surface area contributed by atoms with Crippen molar-refractivity contribution in [1.82, 2.24) is 0 Å². The van der Waals surface area contributed by atoms with Gasteiger partial charge in [-0.05, 0) is 85.1 Å². The Morgan fingerprint density at radius 3 is 2.69 bits per heavy atom. The van der Waals surface area contributed by atoms with Crippen LogP contribution in [0.2, 0.25) is 0 Å². The van der Waals surface area contributed by atoms with Crippen molar-refractivity contribution in [2.45, 2.75) is 70.0 Å². The van der Waals surface area contributed by atoms with Gasteiger partial charge >= 0.3 is 5.97 Å². The zero-order valence-corrected chi connectivity index (χ0v) is 19.2. The molecule has 5 rings (SSSR count). The molecule has 0 aliphatic heterocycles. The number of hydrogen-bond donors (Lipinski definition) is 1. The molecule has 32 heavy (non-hydrogen) atoms. The van der Waals surface area contributed by atoms with Crippen LogP contribution in [0.25, 0.3) is 0 Å². The molecule has 2 aromatic rings. The van der Waals surface area contributed by atoms with Gasteiger partial charge in [0.25, 0.3) is 0 Å². The van der Waals surface area contributed by atoms with Gasteiger partial charge in [-0.2, -0.15) is 0 Å². The highest BCUT2D eigenvalue weighted by Gasteiger charge is 2.62. The summed E-state index contributed by atoms with van der Waals surface area (Å²) < 4.78 is 11.0. The van der Waals surface area contributed by atoms with Gasteiger partial charge < -0.3 is 14.6 Å². The summed E-state index contributed by atoms with van der Waals surface area (Å²) in [6.07, 6.45) is 6.04. The third-order valence-electron chi connectivity index (χ3n) is 8.93. The highest BCUT2D eigenvalue weighted by Crippen LogP contribution is 2.65. The molecule has 4 heteroatoms. The summed E-state index contributed by atoms with van der Waals surface area (Å²) in [5, 5.41) is 11.5. The Labute approximate surface area is 190 Å². The molecular formula is C28H34O4. The quantitative estimate of drug-likeness (QED) is 0.639. The maximum absolute atomic E-state index is 12.0. The fourth-order valence-corrected chi connectivity index (χ4v) is 7.10. The Morgan fingerprint density at radius 2 is 1.91 bits per heavy atom. The minimum atomic E-state index is -0.939. The van der Waals surface area contributed by atoms with E-state index in [9.17, 15) is 9.90 Å². The van der Waals surface area contributed by atoms with Crippen LogP contribution in [-0.4, -0.2) is 23.8 Å². The van der Waals surface area contributed by atoms with E-state index in [1.165, 1.54) is 23.8 Å². The second-order valence-electron chi connectivity index (χ2n) is 10.3. The summed E-state index contributed by atoms with van der Waals surface area (Å²) in [6.45, 7) is 2.81. The lowest BCUT2D eigenvalue weighted by Crippen LogP contribution is -2.51. The van der Waals surface area contributed by atoms with Crippen molar-refractivity contribution in [3.05, 3.63) is 65.2 Å². The average Bonchev–Trinajstić information content (AvgIpc) is 3.08. The molecule has 2 saturated carbocycles. The number of ether oxygens (including phenoxy) is 2. The molecule has 0 bridgehead atoms. The van der Waals surface area contributed by atoms with Gasteiger partial charge in [0.1, 0.15) is 12.4 Å². The number of carbonyl (C=O) groups excluding carboxylic acids is 1. The molecule has 1 N–H and O–H groups in total. The van der Waals surface area contributed by atoms with E-state index in [1.54, 1.807) is 0 Å². The van der Waals surface area contributed by atoms with Crippen LogP contribution >= 0.6 is 0 Å². The van der Waals surface area contributed by atoms with Crippen molar-refractivity contribution in [2.75, 3.05) is 7.11 Å². The maximum atomic E-state index is 12.0. The third-order valence-corrected chi connectivity index (χ3v) is 8.93. The molecule has 0 spiro atoms. The molecule has 2 fully saturated rings. The van der Waals surface area contributed by atoms with Crippen molar-refractivity contribution < 1.29 is 19.4 Å². The lowest BCUT2D eigenvalue weighted by atomic mass is 9.53. The van der Waals surface area contributed by atoms with Gasteiger partial charge in [0.2, 0.25) is 0 Å². The fraction of sp³-hybridized carbons (Fsp3) is 0.536. The number of fused-ring (bicyclic) bond motifs is 5. The van der Waals surface area contributed by atoms with Gasteiger partial charge in [-0.25, -0.2) is 0 Å². The van der Waals surface area contributed by atoms with E-state index < -0.39 is 5.60 Å². The van der Waals surface area contributed by atoms with E-state index in [-0.39, 0.29) is 17.8 Å². The summed E-state index contributed by atoms with van der Waals surface area (Å²) in [7, 11) is 1.41. The fourth-order valence-electron chi connectivity index (χ4n) is 7.10. The zero-order valence-electron chi connectivity index (χ0n) is 19.2. The Hall–Kier alpha value is -2.33. The van der Waals surface area contributed by atoms with Crippen LogP contribution in [-0.2, 0) is 22.6 Å². The van der Waals surface area contributed by atoms with Crippen molar-refractivity contribution in [2.24, 2.45) is 17.3 Å². The van der Waals surface area contributed by atoms with E-state index in [2.05, 4.69) is 37.3 Å². The number of esters is 1. The first-order valence-electron chi connectivity index (χ1n) is 12.0. The van der Waals surface area contributed by atoms with Gasteiger partial charge in [0.15, 0.2) is 0 Å². The predicted molar refractivity (Wildman–Crippen MR) is 123 cm³/mol. The minimum Gasteiger partial charge on any atom is -0.489 e. The normalized spacial score (nSPS) is 33.0. The van der Waals surface area contributed by atoms with Crippen molar-refractivity contribution >= 4 is 5.97 Å². The molecule has 0 aromatic heterocycles. The summed E-state index contributed by atoms with van der Waals surface area (Å²) in [5.74, 6) is 2.22. The summed E-state index contributed by atoms with van der Waals surface area (Å²) >= 11 is 0. The summed E-state index contributed by atoms with van der Waals surface area (Å²) in [6, 6.07) is 16.9. The number of carbonyl (C=O) groups is 1. The molecule has 3 aliphatic rings. The lowest BCUT2D eigenvalue weighted by Gasteiger charge is -2.53. The van der Waals surface area contributed by atoms with E-state index in [0.717, 1.165) is 37.9 Å². The van der Waals surface area contributed by atoms with E-state index in [0.29, 0.717) is 30.8 Å². The number of benzene rings is 2. The first-order valence-corrected chi connectivity index (χ1v) is 12.0. The maximum Gasteiger partial charge on any atom is 0.308 e. The van der Waals surface area contributed by atoms with Crippen molar-refractivity contribution in [1.29, 1.82) is 0 Å². The molecule has 0 saturated heterocycles. The topological polar surface area (TPSA) is 55.8 Å². The SMILES string of the molecule is COC(=O)C[C@]1(O)CC[C@H]2[C@@H]3CCc4cc(OCc5ccccc5)ccc4[C@H]3CC[C@@]21C. The number of aliphatic hydroxyl groups is 1. The van der Waals surface area contributed by atoms with Crippen molar-refractivity contribution in [3.8, 4) is 5.75 Å². The zero-order chi connectivity index (χ0) is 22.3. The average molecular weight is 435 g/mol. The largest absolute Gasteiger partial charge is 0.489 e. The molecule has 170 valence electrons. The number of hydrogen-bond acceptors (Lipinski definition) is 4. The second kappa shape index (κ2) is 8.22. The first-order chi connectivity index (χ1) is 15.4. The molecule has 0 heterocycles. The number of rotatable bonds is 5. The molecular weight excluding hydrogens is 400 g/mol. The highest BCUT2D eigenvalue weighted by molar-refractivity contribution is 5.70. The van der Waals surface area contributed by atoms with Crippen LogP contribution in [0.15, 0.2) is 48.5 Å². The number of aryl methyl sites for hydroxylation is 1. The molecule has 2 aromatic carbocycles. The third kappa shape index (κ3) is 3.53. The first kappa shape index (κ1) is 21.5. The van der Waals surface area contributed by atoms with Crippen LogP contribution in [0.1, 0.15) is 68.1 Å². The van der Waals surface area contributed by atoms with E-state index in [1.807, 2.05) is 18.2 Å². The van der Waals surface area contributed by atoms with Crippen LogP contribution in [0, 0.1) is 17.3 Å². The standard InChI is InChI=1S/C28H34O4/c1-27-14-12-23-22-11-9-21(32-18-19-6-4-3-5-7-19)16-20(22)8-10-24(23)25(27)13-15-28(27,30)17-26(29)31-2/h3-7,9,11,16,23-25,30H,8,10,12-15,17-18H2,1-2H3/t23-,24-,25+,27+,28-/m1/s1. The monoisotopic (exact) mass is 434 g/mol. The molecule has 0 radical (unpaired) electrons. The van der Waals surface area contributed by atoms with Crippen LogP contribution in [0.3, 0.4) is 0 Å². The van der Waals surface area contributed by atoms with Crippen molar-refractivity contribution in [3.63, 3.8) is 0 Å². The van der Waals surface area contributed by atoms with Gasteiger partial charge in [-0.3, -0.25) is 4.79 Å². The smallest absolute Gasteiger partial charge is 0.308 e. The molecule has 4 nitrogen and oxygen atoms in total. The minimum absolute atomic E-state index is 0.118. The molecule has 0 unspecified atom stereocenters. The van der Waals surface area contributed by atoms with Crippen LogP contribution < -0.4 is 4.74 Å². The number of methoxy groups -OCH3 is 1. The lowest BCUT2D eigenvalue weighted by molar-refractivity contribution is -0.157. The second-order valence-corrected chi connectivity index (χ2v) is 10.3. The Balaban J connectivity index is 1.33. The predicted octanol–water partition coefficient (Wildman–Crippen LogP) is 5.42. The Morgan fingerprint density at radius 1 is 1.09 bits per heavy atom. The van der Waals surface area contributed by atoms with E-state index >= 15 is 0 Å². The Kier molecular flexibility index (Phi) is 5.53. The Bertz CT molecular complexity index is 986. The van der Waals surface area contributed by atoms with Gasteiger partial charge in [-0.15, -0.1) is 0 Å². The van der Waals surface area contributed by atoms with Crippen LogP contribution in [0.4, 0.5) is 0 Å². The van der Waals surface area contributed by atoms with Gasteiger partial charge in [0.05, 0.1) is 19.1 Å². The molecule has 3 aliphatic carbocycles. The van der Waals surface area contributed by atoms with E-state index in [4.69, 9.17) is 9.47 Å².